The van der Waals surface area contributed by atoms with Crippen molar-refractivity contribution >= 4 is 0 Å². The van der Waals surface area contributed by atoms with Crippen LogP contribution in [-0.4, -0.2) is 9.97 Å². The maximum absolute atomic E-state index is 4.68. The summed E-state index contributed by atoms with van der Waals surface area (Å²) in [5.74, 6) is 0.643. The van der Waals surface area contributed by atoms with Crippen molar-refractivity contribution in [2.24, 2.45) is 5.92 Å². The SMILES string of the molecule is CCCc1cccc(-c2ccc(CC(C)C)nc2)n1. The minimum atomic E-state index is 0.643. The maximum Gasteiger partial charge on any atom is 0.0720 e. The number of rotatable bonds is 5. The second-order valence-corrected chi connectivity index (χ2v) is 5.40. The first-order valence-electron chi connectivity index (χ1n) is 7.10. The average molecular weight is 254 g/mol. The zero-order chi connectivity index (χ0) is 13.7. The summed E-state index contributed by atoms with van der Waals surface area (Å²) in [6, 6.07) is 10.5. The van der Waals surface area contributed by atoms with Gasteiger partial charge in [-0.3, -0.25) is 9.97 Å². The van der Waals surface area contributed by atoms with Gasteiger partial charge >= 0.3 is 0 Å². The van der Waals surface area contributed by atoms with E-state index in [-0.39, 0.29) is 0 Å². The molecular formula is C17H22N2. The molecule has 0 aliphatic heterocycles. The number of hydrogen-bond donors (Lipinski definition) is 0. The van der Waals surface area contributed by atoms with Crippen molar-refractivity contribution < 1.29 is 0 Å². The minimum Gasteiger partial charge on any atom is -0.261 e. The van der Waals surface area contributed by atoms with E-state index in [2.05, 4.69) is 61.1 Å². The van der Waals surface area contributed by atoms with Crippen LogP contribution in [0.2, 0.25) is 0 Å². The van der Waals surface area contributed by atoms with Crippen LogP contribution in [0, 0.1) is 5.92 Å². The standard InChI is InChI=1S/C17H22N2/c1-4-6-15-7-5-8-17(19-15)14-9-10-16(18-12-14)11-13(2)3/h5,7-10,12-13H,4,6,11H2,1-3H3. The first-order valence-corrected chi connectivity index (χ1v) is 7.10. The molecule has 0 aliphatic carbocycles. The Kier molecular flexibility index (Phi) is 4.67. The van der Waals surface area contributed by atoms with Crippen molar-refractivity contribution in [3.63, 3.8) is 0 Å². The van der Waals surface area contributed by atoms with Crippen molar-refractivity contribution in [2.75, 3.05) is 0 Å². The molecule has 19 heavy (non-hydrogen) atoms. The largest absolute Gasteiger partial charge is 0.261 e. The average Bonchev–Trinajstić information content (AvgIpc) is 2.40. The van der Waals surface area contributed by atoms with Gasteiger partial charge in [0, 0.05) is 23.1 Å². The Balaban J connectivity index is 2.19. The summed E-state index contributed by atoms with van der Waals surface area (Å²) < 4.78 is 0. The van der Waals surface area contributed by atoms with Crippen LogP contribution in [0.15, 0.2) is 36.5 Å². The third-order valence-electron chi connectivity index (χ3n) is 3.05. The van der Waals surface area contributed by atoms with Crippen LogP contribution in [0.3, 0.4) is 0 Å². The summed E-state index contributed by atoms with van der Waals surface area (Å²) in [5.41, 5.74) is 4.44. The second kappa shape index (κ2) is 6.46. The van der Waals surface area contributed by atoms with Gasteiger partial charge in [-0.2, -0.15) is 0 Å². The van der Waals surface area contributed by atoms with Crippen LogP contribution in [0.5, 0.6) is 0 Å². The van der Waals surface area contributed by atoms with E-state index in [0.717, 1.165) is 41.9 Å². The second-order valence-electron chi connectivity index (χ2n) is 5.40. The quantitative estimate of drug-likeness (QED) is 0.795. The Hall–Kier alpha value is -1.70. The van der Waals surface area contributed by atoms with E-state index in [1.807, 2.05) is 6.20 Å². The molecule has 2 heteroatoms. The van der Waals surface area contributed by atoms with Crippen LogP contribution >= 0.6 is 0 Å². The van der Waals surface area contributed by atoms with Crippen molar-refractivity contribution in [3.8, 4) is 11.3 Å². The molecule has 0 saturated carbocycles. The normalized spacial score (nSPS) is 10.9. The van der Waals surface area contributed by atoms with Gasteiger partial charge in [0.05, 0.1) is 5.69 Å². The molecule has 2 heterocycles. The van der Waals surface area contributed by atoms with E-state index < -0.39 is 0 Å². The van der Waals surface area contributed by atoms with Crippen LogP contribution in [-0.2, 0) is 12.8 Å². The molecule has 0 amide bonds. The molecule has 0 radical (unpaired) electrons. The van der Waals surface area contributed by atoms with Gasteiger partial charge in [-0.15, -0.1) is 0 Å². The van der Waals surface area contributed by atoms with E-state index >= 15 is 0 Å². The number of hydrogen-bond acceptors (Lipinski definition) is 2. The van der Waals surface area contributed by atoms with Crippen molar-refractivity contribution in [2.45, 2.75) is 40.0 Å². The van der Waals surface area contributed by atoms with Crippen molar-refractivity contribution in [1.29, 1.82) is 0 Å². The van der Waals surface area contributed by atoms with E-state index in [4.69, 9.17) is 0 Å². The predicted molar refractivity (Wildman–Crippen MR) is 80.0 cm³/mol. The number of aryl methyl sites for hydroxylation is 1. The molecule has 0 spiro atoms. The molecule has 2 rings (SSSR count). The third kappa shape index (κ3) is 3.88. The Morgan fingerprint density at radius 2 is 1.89 bits per heavy atom. The lowest BCUT2D eigenvalue weighted by Crippen LogP contribution is -1.97. The molecule has 2 aromatic rings. The summed E-state index contributed by atoms with van der Waals surface area (Å²) in [4.78, 5) is 9.21. The van der Waals surface area contributed by atoms with Gasteiger partial charge in [-0.1, -0.05) is 33.3 Å². The van der Waals surface area contributed by atoms with Gasteiger partial charge in [0.15, 0.2) is 0 Å². The van der Waals surface area contributed by atoms with Crippen LogP contribution in [0.1, 0.15) is 38.6 Å². The summed E-state index contributed by atoms with van der Waals surface area (Å²) >= 11 is 0. The molecule has 0 fully saturated rings. The van der Waals surface area contributed by atoms with Gasteiger partial charge in [0.25, 0.3) is 0 Å². The summed E-state index contributed by atoms with van der Waals surface area (Å²) in [7, 11) is 0. The van der Waals surface area contributed by atoms with Crippen molar-refractivity contribution in [1.82, 2.24) is 9.97 Å². The number of aromatic nitrogens is 2. The van der Waals surface area contributed by atoms with Crippen molar-refractivity contribution in [3.05, 3.63) is 47.9 Å². The molecule has 0 saturated heterocycles. The molecule has 0 unspecified atom stereocenters. The first kappa shape index (κ1) is 13.7. The lowest BCUT2D eigenvalue weighted by Gasteiger charge is -2.06. The van der Waals surface area contributed by atoms with Crippen LogP contribution in [0.25, 0.3) is 11.3 Å². The first-order chi connectivity index (χ1) is 9.19. The number of pyridine rings is 2. The molecule has 2 aromatic heterocycles. The van der Waals surface area contributed by atoms with Gasteiger partial charge in [-0.25, -0.2) is 0 Å². The monoisotopic (exact) mass is 254 g/mol. The number of nitrogens with zero attached hydrogens (tertiary/aromatic N) is 2. The van der Waals surface area contributed by atoms with Gasteiger partial charge in [0.1, 0.15) is 0 Å². The van der Waals surface area contributed by atoms with E-state index in [1.165, 1.54) is 0 Å². The van der Waals surface area contributed by atoms with Crippen LogP contribution in [0.4, 0.5) is 0 Å². The smallest absolute Gasteiger partial charge is 0.0720 e. The summed E-state index contributed by atoms with van der Waals surface area (Å²) in [6.45, 7) is 6.60. The molecule has 100 valence electrons. The Bertz CT molecular complexity index is 515. The lowest BCUT2D eigenvalue weighted by atomic mass is 10.1. The molecule has 0 aromatic carbocycles. The molecule has 2 nitrogen and oxygen atoms in total. The maximum atomic E-state index is 4.68. The van der Waals surface area contributed by atoms with Gasteiger partial charge in [0.2, 0.25) is 0 Å². The Morgan fingerprint density at radius 3 is 2.53 bits per heavy atom. The highest BCUT2D eigenvalue weighted by Crippen LogP contribution is 2.17. The third-order valence-corrected chi connectivity index (χ3v) is 3.05. The molecule has 0 aliphatic rings. The molecule has 0 N–H and O–H groups in total. The van der Waals surface area contributed by atoms with E-state index in [0.29, 0.717) is 5.92 Å². The van der Waals surface area contributed by atoms with E-state index in [1.54, 1.807) is 0 Å². The predicted octanol–water partition coefficient (Wildman–Crippen LogP) is 4.29. The Morgan fingerprint density at radius 1 is 1.05 bits per heavy atom. The fraction of sp³-hybridized carbons (Fsp3) is 0.412. The molecule has 0 atom stereocenters. The zero-order valence-electron chi connectivity index (χ0n) is 12.1. The highest BCUT2D eigenvalue weighted by molar-refractivity contribution is 5.57. The molecule has 0 bridgehead atoms. The summed E-state index contributed by atoms with van der Waals surface area (Å²) in [5, 5.41) is 0. The molecular weight excluding hydrogens is 232 g/mol. The van der Waals surface area contributed by atoms with Gasteiger partial charge in [-0.05, 0) is 43.0 Å². The fourth-order valence-electron chi connectivity index (χ4n) is 2.15. The Labute approximate surface area is 115 Å². The van der Waals surface area contributed by atoms with Gasteiger partial charge < -0.3 is 0 Å². The highest BCUT2D eigenvalue weighted by atomic mass is 14.7. The minimum absolute atomic E-state index is 0.643. The lowest BCUT2D eigenvalue weighted by molar-refractivity contribution is 0.635. The fourth-order valence-corrected chi connectivity index (χ4v) is 2.15. The zero-order valence-corrected chi connectivity index (χ0v) is 12.1. The topological polar surface area (TPSA) is 25.8 Å². The summed E-state index contributed by atoms with van der Waals surface area (Å²) in [6.07, 6.45) is 5.13. The van der Waals surface area contributed by atoms with E-state index in [9.17, 15) is 0 Å². The van der Waals surface area contributed by atoms with Crippen LogP contribution < -0.4 is 0 Å². The highest BCUT2D eigenvalue weighted by Gasteiger charge is 2.03.